The summed E-state index contributed by atoms with van der Waals surface area (Å²) in [4.78, 5) is 3.03. The standard InChI is InChI=1S/C18H22N2S/c1-13-9-11-20(12-10-13)17(18(19)21)16-8-4-6-14-5-2-3-7-15(14)16/h2-8,13,17H,9-12H2,1H3,(H2,19,21). The first kappa shape index (κ1) is 14.5. The fraction of sp³-hybridized carbons (Fsp3) is 0.389. The highest BCUT2D eigenvalue weighted by atomic mass is 32.1. The second-order valence-electron chi connectivity index (χ2n) is 6.09. The molecule has 1 atom stereocenters. The van der Waals surface area contributed by atoms with Crippen LogP contribution in [0.15, 0.2) is 42.5 Å². The number of fused-ring (bicyclic) bond motifs is 1. The molecular weight excluding hydrogens is 276 g/mol. The smallest absolute Gasteiger partial charge is 0.0948 e. The van der Waals surface area contributed by atoms with Crippen LogP contribution in [0.3, 0.4) is 0 Å². The lowest BCUT2D eigenvalue weighted by Gasteiger charge is -2.36. The van der Waals surface area contributed by atoms with E-state index >= 15 is 0 Å². The molecule has 0 aromatic heterocycles. The first-order chi connectivity index (χ1) is 10.2. The van der Waals surface area contributed by atoms with E-state index in [9.17, 15) is 0 Å². The van der Waals surface area contributed by atoms with Crippen LogP contribution in [0.5, 0.6) is 0 Å². The van der Waals surface area contributed by atoms with Gasteiger partial charge in [-0.2, -0.15) is 0 Å². The van der Waals surface area contributed by atoms with E-state index in [-0.39, 0.29) is 6.04 Å². The number of thiocarbonyl (C=S) groups is 1. The Bertz CT molecular complexity index is 639. The number of hydrogen-bond donors (Lipinski definition) is 1. The minimum Gasteiger partial charge on any atom is -0.392 e. The van der Waals surface area contributed by atoms with Gasteiger partial charge >= 0.3 is 0 Å². The Morgan fingerprint density at radius 2 is 1.81 bits per heavy atom. The summed E-state index contributed by atoms with van der Waals surface area (Å²) in [5, 5.41) is 2.51. The molecule has 3 rings (SSSR count). The zero-order valence-corrected chi connectivity index (χ0v) is 13.3. The maximum Gasteiger partial charge on any atom is 0.0948 e. The van der Waals surface area contributed by atoms with Crippen molar-refractivity contribution in [3.63, 3.8) is 0 Å². The minimum absolute atomic E-state index is 0.0543. The zero-order valence-electron chi connectivity index (χ0n) is 12.5. The Hall–Kier alpha value is -1.45. The van der Waals surface area contributed by atoms with Crippen LogP contribution in [0.1, 0.15) is 31.4 Å². The minimum atomic E-state index is 0.0543. The van der Waals surface area contributed by atoms with Gasteiger partial charge in [0.25, 0.3) is 0 Å². The van der Waals surface area contributed by atoms with E-state index in [1.807, 2.05) is 0 Å². The first-order valence-electron chi connectivity index (χ1n) is 7.68. The molecule has 0 spiro atoms. The summed E-state index contributed by atoms with van der Waals surface area (Å²) in [6, 6.07) is 15.0. The van der Waals surface area contributed by atoms with Gasteiger partial charge in [-0.05, 0) is 48.2 Å². The SMILES string of the molecule is CC1CCN(C(C(N)=S)c2cccc3ccccc23)CC1. The average Bonchev–Trinajstić information content (AvgIpc) is 2.49. The van der Waals surface area contributed by atoms with E-state index in [1.165, 1.54) is 29.2 Å². The van der Waals surface area contributed by atoms with Gasteiger partial charge in [-0.1, -0.05) is 61.6 Å². The Kier molecular flexibility index (Phi) is 4.22. The van der Waals surface area contributed by atoms with Crippen LogP contribution >= 0.6 is 12.2 Å². The summed E-state index contributed by atoms with van der Waals surface area (Å²) in [7, 11) is 0. The summed E-state index contributed by atoms with van der Waals surface area (Å²) >= 11 is 5.41. The van der Waals surface area contributed by atoms with E-state index < -0.39 is 0 Å². The second kappa shape index (κ2) is 6.12. The highest BCUT2D eigenvalue weighted by Crippen LogP contribution is 2.31. The molecule has 1 heterocycles. The predicted octanol–water partition coefficient (Wildman–Crippen LogP) is 3.90. The van der Waals surface area contributed by atoms with Crippen molar-refractivity contribution in [1.29, 1.82) is 0 Å². The third kappa shape index (κ3) is 2.94. The van der Waals surface area contributed by atoms with Crippen molar-refractivity contribution in [2.75, 3.05) is 13.1 Å². The lowest BCUT2D eigenvalue weighted by Crippen LogP contribution is -2.41. The lowest BCUT2D eigenvalue weighted by atomic mass is 9.93. The van der Waals surface area contributed by atoms with Gasteiger partial charge in [0, 0.05) is 0 Å². The maximum atomic E-state index is 6.12. The molecule has 21 heavy (non-hydrogen) atoms. The third-order valence-electron chi connectivity index (χ3n) is 4.57. The Labute approximate surface area is 131 Å². The van der Waals surface area contributed by atoms with E-state index in [0.717, 1.165) is 19.0 Å². The van der Waals surface area contributed by atoms with Crippen LogP contribution in [-0.2, 0) is 0 Å². The van der Waals surface area contributed by atoms with Gasteiger partial charge in [-0.25, -0.2) is 0 Å². The van der Waals surface area contributed by atoms with Gasteiger partial charge in [0.05, 0.1) is 11.0 Å². The molecule has 2 nitrogen and oxygen atoms in total. The summed E-state index contributed by atoms with van der Waals surface area (Å²) in [5.74, 6) is 0.806. The van der Waals surface area contributed by atoms with Crippen LogP contribution in [0.25, 0.3) is 10.8 Å². The molecule has 0 radical (unpaired) electrons. The largest absolute Gasteiger partial charge is 0.392 e. The van der Waals surface area contributed by atoms with Gasteiger partial charge in [0.15, 0.2) is 0 Å². The third-order valence-corrected chi connectivity index (χ3v) is 4.79. The number of likely N-dealkylation sites (tertiary alicyclic amines) is 1. The summed E-state index contributed by atoms with van der Waals surface area (Å²) in [6.07, 6.45) is 2.45. The molecule has 2 aromatic rings. The van der Waals surface area contributed by atoms with Crippen molar-refractivity contribution in [3.05, 3.63) is 48.0 Å². The molecule has 0 bridgehead atoms. The molecule has 0 aliphatic carbocycles. The van der Waals surface area contributed by atoms with Crippen LogP contribution in [0.2, 0.25) is 0 Å². The Balaban J connectivity index is 2.02. The van der Waals surface area contributed by atoms with Gasteiger partial charge in [-0.3, -0.25) is 4.90 Å². The molecule has 3 heteroatoms. The van der Waals surface area contributed by atoms with Gasteiger partial charge in [-0.15, -0.1) is 0 Å². The molecule has 110 valence electrons. The van der Waals surface area contributed by atoms with Gasteiger partial charge < -0.3 is 5.73 Å². The quantitative estimate of drug-likeness (QED) is 0.871. The zero-order chi connectivity index (χ0) is 14.8. The monoisotopic (exact) mass is 298 g/mol. The number of hydrogen-bond acceptors (Lipinski definition) is 2. The molecule has 0 saturated carbocycles. The van der Waals surface area contributed by atoms with Crippen LogP contribution in [0, 0.1) is 5.92 Å². The topological polar surface area (TPSA) is 29.3 Å². The number of nitrogens with two attached hydrogens (primary N) is 1. The van der Waals surface area contributed by atoms with Crippen molar-refractivity contribution in [2.24, 2.45) is 11.7 Å². The predicted molar refractivity (Wildman–Crippen MR) is 93.4 cm³/mol. The van der Waals surface area contributed by atoms with Crippen molar-refractivity contribution < 1.29 is 0 Å². The average molecular weight is 298 g/mol. The lowest BCUT2D eigenvalue weighted by molar-refractivity contribution is 0.171. The van der Waals surface area contributed by atoms with Crippen molar-refractivity contribution >= 4 is 28.0 Å². The Morgan fingerprint density at radius 1 is 1.14 bits per heavy atom. The first-order valence-corrected chi connectivity index (χ1v) is 8.08. The molecular formula is C18H22N2S. The molecule has 1 aliphatic rings. The summed E-state index contributed by atoms with van der Waals surface area (Å²) in [5.41, 5.74) is 7.36. The summed E-state index contributed by atoms with van der Waals surface area (Å²) < 4.78 is 0. The molecule has 1 saturated heterocycles. The molecule has 2 aromatic carbocycles. The number of benzene rings is 2. The Morgan fingerprint density at radius 3 is 2.52 bits per heavy atom. The second-order valence-corrected chi connectivity index (χ2v) is 6.56. The fourth-order valence-corrected chi connectivity index (χ4v) is 3.58. The van der Waals surface area contributed by atoms with E-state index in [2.05, 4.69) is 54.3 Å². The van der Waals surface area contributed by atoms with Crippen LogP contribution in [-0.4, -0.2) is 23.0 Å². The molecule has 0 amide bonds. The van der Waals surface area contributed by atoms with Crippen LogP contribution < -0.4 is 5.73 Å². The number of nitrogens with zero attached hydrogens (tertiary/aromatic N) is 1. The highest BCUT2D eigenvalue weighted by molar-refractivity contribution is 7.80. The van der Waals surface area contributed by atoms with E-state index in [0.29, 0.717) is 4.99 Å². The van der Waals surface area contributed by atoms with Crippen LogP contribution in [0.4, 0.5) is 0 Å². The number of rotatable bonds is 3. The van der Waals surface area contributed by atoms with E-state index in [1.54, 1.807) is 0 Å². The highest BCUT2D eigenvalue weighted by Gasteiger charge is 2.27. The summed E-state index contributed by atoms with van der Waals surface area (Å²) in [6.45, 7) is 4.48. The normalized spacial score (nSPS) is 18.7. The number of piperidine rings is 1. The van der Waals surface area contributed by atoms with Gasteiger partial charge in [0.2, 0.25) is 0 Å². The molecule has 2 N–H and O–H groups in total. The van der Waals surface area contributed by atoms with Crippen molar-refractivity contribution in [1.82, 2.24) is 4.90 Å². The molecule has 1 unspecified atom stereocenters. The maximum absolute atomic E-state index is 6.12. The van der Waals surface area contributed by atoms with Crippen molar-refractivity contribution in [2.45, 2.75) is 25.8 Å². The van der Waals surface area contributed by atoms with Gasteiger partial charge in [0.1, 0.15) is 0 Å². The molecule has 1 fully saturated rings. The molecule has 1 aliphatic heterocycles. The van der Waals surface area contributed by atoms with Crippen molar-refractivity contribution in [3.8, 4) is 0 Å². The van der Waals surface area contributed by atoms with E-state index in [4.69, 9.17) is 18.0 Å². The fourth-order valence-electron chi connectivity index (χ4n) is 3.31.